The van der Waals surface area contributed by atoms with E-state index in [0.29, 0.717) is 88.7 Å². The molecule has 0 unspecified atom stereocenters. The number of aryl methyl sites for hydroxylation is 3. The Morgan fingerprint density at radius 2 is 0.876 bits per heavy atom. The molecule has 4 saturated heterocycles. The molecule has 6 N–H and O–H groups in total. The number of aliphatic hydroxyl groups excluding tert-OH is 1. The number of carbonyl (C=O) groups is 8. The highest BCUT2D eigenvalue weighted by Gasteiger charge is 2.47. The van der Waals surface area contributed by atoms with Crippen molar-refractivity contribution < 1.29 is 69.8 Å². The van der Waals surface area contributed by atoms with Crippen molar-refractivity contribution in [3.8, 4) is 0 Å². The number of aliphatic hydroxyl groups is 1. The fourth-order valence-corrected chi connectivity index (χ4v) is 16.0. The Bertz CT molecular complexity index is 5470. The summed E-state index contributed by atoms with van der Waals surface area (Å²) in [6.07, 6.45) is 0.678. The number of aromatic nitrogens is 10. The second-order valence-electron chi connectivity index (χ2n) is 32.1. The van der Waals surface area contributed by atoms with E-state index in [1.54, 1.807) is 83.0 Å². The van der Waals surface area contributed by atoms with E-state index in [1.165, 1.54) is 21.9 Å². The first-order chi connectivity index (χ1) is 57.9. The summed E-state index contributed by atoms with van der Waals surface area (Å²) in [5.41, 5.74) is 7.10. The van der Waals surface area contributed by atoms with Crippen LogP contribution >= 0.6 is 0 Å². The van der Waals surface area contributed by atoms with Crippen LogP contribution in [0.3, 0.4) is 0 Å². The van der Waals surface area contributed by atoms with Gasteiger partial charge in [0, 0.05) is 109 Å². The Labute approximate surface area is 691 Å². The highest BCUT2D eigenvalue weighted by molar-refractivity contribution is 6.10. The first-order valence-corrected chi connectivity index (χ1v) is 40.3. The summed E-state index contributed by atoms with van der Waals surface area (Å²) in [5, 5.41) is 28.3. The quantitative estimate of drug-likeness (QED) is 0.0364. The summed E-state index contributed by atoms with van der Waals surface area (Å²) in [4.78, 5) is 152. The van der Waals surface area contributed by atoms with Gasteiger partial charge >= 0.3 is 36.5 Å². The Morgan fingerprint density at radius 3 is 1.28 bits per heavy atom. The van der Waals surface area contributed by atoms with E-state index in [1.807, 2.05) is 64.1 Å². The largest absolute Gasteiger partial charge is 0.396 e. The molecule has 8 aliphatic heterocycles. The van der Waals surface area contributed by atoms with Gasteiger partial charge in [0.2, 0.25) is 0 Å². The lowest BCUT2D eigenvalue weighted by Crippen LogP contribution is -2.48. The van der Waals surface area contributed by atoms with Gasteiger partial charge in [-0.05, 0) is 173 Å². The summed E-state index contributed by atoms with van der Waals surface area (Å²) in [7, 11) is 0. The lowest BCUT2D eigenvalue weighted by Gasteiger charge is -2.35. The molecule has 8 amide bonds. The molecule has 632 valence electrons. The van der Waals surface area contributed by atoms with Crippen molar-refractivity contribution >= 4 is 128 Å². The molecule has 31 nitrogen and oxygen atoms in total. The van der Waals surface area contributed by atoms with Crippen LogP contribution in [0.4, 0.5) is 115 Å². The van der Waals surface area contributed by atoms with Crippen LogP contribution in [0, 0.1) is 44.4 Å². The van der Waals surface area contributed by atoms with E-state index >= 15 is 0 Å². The summed E-state index contributed by atoms with van der Waals surface area (Å²) < 4.78 is 77.2. The second-order valence-corrected chi connectivity index (χ2v) is 32.1. The number of halogens is 6. The minimum atomic E-state index is -4.46. The highest BCUT2D eigenvalue weighted by atomic mass is 19.4. The third kappa shape index (κ3) is 18.3. The molecule has 5 fully saturated rings. The average molecular weight is 1670 g/mol. The molecule has 9 aromatic rings. The number of nitrogens with zero attached hydrogens (tertiary/aromatic N) is 17. The summed E-state index contributed by atoms with van der Waals surface area (Å²) in [5.74, 6) is -1.38. The molecule has 8 bridgehead atoms. The van der Waals surface area contributed by atoms with E-state index in [9.17, 15) is 69.8 Å². The zero-order chi connectivity index (χ0) is 85.5. The van der Waals surface area contributed by atoms with Gasteiger partial charge in [-0.1, -0.05) is 32.9 Å². The lowest BCUT2D eigenvalue weighted by molar-refractivity contribution is -0.169. The van der Waals surface area contributed by atoms with E-state index in [4.69, 9.17) is 0 Å². The van der Waals surface area contributed by atoms with E-state index in [-0.39, 0.29) is 89.8 Å². The second kappa shape index (κ2) is 34.5. The highest BCUT2D eigenvalue weighted by Crippen LogP contribution is 2.45. The van der Waals surface area contributed by atoms with Gasteiger partial charge in [0.1, 0.15) is 40.2 Å². The zero-order valence-electron chi connectivity index (χ0n) is 67.2. The van der Waals surface area contributed by atoms with Crippen LogP contribution in [-0.2, 0) is 0 Å². The number of urea groups is 4. The molecule has 1 aliphatic carbocycles. The number of ketones is 4. The maximum atomic E-state index is 13.4. The molecule has 9 aliphatic rings. The molecule has 37 heteroatoms. The van der Waals surface area contributed by atoms with Crippen molar-refractivity contribution in [1.29, 1.82) is 0 Å². The Kier molecular flexibility index (Phi) is 23.7. The molecule has 0 aromatic carbocycles. The number of amides is 8. The molecular weight excluding hydrogens is 1580 g/mol. The zero-order valence-corrected chi connectivity index (χ0v) is 67.2. The number of fused-ring (bicyclic) bond motifs is 17. The van der Waals surface area contributed by atoms with Crippen LogP contribution in [0.2, 0.25) is 0 Å². The number of Topliss-reactive ketones (excluding diaryl/α,β-unsaturated/α-hetero) is 4. The van der Waals surface area contributed by atoms with Crippen molar-refractivity contribution in [2.45, 2.75) is 142 Å². The van der Waals surface area contributed by atoms with Crippen LogP contribution in [-0.4, -0.2) is 198 Å². The van der Waals surface area contributed by atoms with Crippen LogP contribution < -0.4 is 60.5 Å². The predicted octanol–water partition coefficient (Wildman–Crippen LogP) is 14.0. The van der Waals surface area contributed by atoms with Crippen molar-refractivity contribution in [2.75, 3.05) is 119 Å². The van der Waals surface area contributed by atoms with Gasteiger partial charge in [-0.2, -0.15) is 31.4 Å². The fraction of sp³-hybridized carbons (Fsp3) is 0.417. The van der Waals surface area contributed by atoms with Crippen molar-refractivity contribution in [3.63, 3.8) is 0 Å². The molecule has 7 atom stereocenters. The molecule has 0 radical (unpaired) electrons. The monoisotopic (exact) mass is 1660 g/mol. The molecule has 0 spiro atoms. The number of nitrogens with one attached hydrogen (secondary N) is 5. The van der Waals surface area contributed by atoms with Crippen molar-refractivity contribution in [1.82, 2.24) is 50.1 Å². The first kappa shape index (κ1) is 83.2. The lowest BCUT2D eigenvalue weighted by atomic mass is 10.0. The Morgan fingerprint density at radius 1 is 0.455 bits per heavy atom. The van der Waals surface area contributed by atoms with Gasteiger partial charge in [-0.25, -0.2) is 59.0 Å². The SMILES string of the molecule is C[C@@H](CO)CC(=O)c1ccc2c(n1)N(C(=O)Nc1ccccn1)[C@H]1CCN2C1.Cc1ccc(NC(=O)N2c3nc(C(=O)C[C@H](C)C(F)(F)F)ccc3N3CC[C@H]2C3)nc1.Cc1ccc2c(NC(=O)N3c4nc(C(=O)CC5CC5)ccc4N4CC[C@H]3C4)n[nH]c2n1.Cc1ccnc(NC(=O)N2c3nc(C(=O)C[C@H](C)C(F)(F)F)ccc3N3CC[C@H]2C3)c1. The normalized spacial score (nSPS) is 18.8. The maximum Gasteiger partial charge on any atom is 0.391 e. The fourth-order valence-electron chi connectivity index (χ4n) is 16.0. The van der Waals surface area contributed by atoms with Crippen molar-refractivity contribution in [2.24, 2.45) is 23.7 Å². The van der Waals surface area contributed by atoms with Crippen LogP contribution in [0.15, 0.2) is 122 Å². The molecule has 121 heavy (non-hydrogen) atoms. The van der Waals surface area contributed by atoms with Crippen molar-refractivity contribution in [3.05, 3.63) is 161 Å². The topological polar surface area (TPSA) is 363 Å². The number of hydrogen-bond donors (Lipinski definition) is 6. The van der Waals surface area contributed by atoms with E-state index in [2.05, 4.69) is 90.9 Å². The smallest absolute Gasteiger partial charge is 0.391 e. The van der Waals surface area contributed by atoms with Gasteiger partial charge in [0.25, 0.3) is 0 Å². The molecule has 9 aromatic heterocycles. The van der Waals surface area contributed by atoms with Crippen LogP contribution in [0.25, 0.3) is 11.0 Å². The maximum absolute atomic E-state index is 13.4. The number of anilines is 12. The number of pyridine rings is 8. The molecular formula is C84H90F6N22O9. The van der Waals surface area contributed by atoms with E-state index in [0.717, 1.165) is 125 Å². The van der Waals surface area contributed by atoms with Crippen LogP contribution in [0.1, 0.15) is 144 Å². The third-order valence-corrected chi connectivity index (χ3v) is 22.9. The summed E-state index contributed by atoms with van der Waals surface area (Å²) >= 11 is 0. The van der Waals surface area contributed by atoms with Gasteiger partial charge < -0.3 is 24.7 Å². The summed E-state index contributed by atoms with van der Waals surface area (Å²) in [6.45, 7) is 15.3. The number of H-pyrrole nitrogens is 1. The van der Waals surface area contributed by atoms with Crippen LogP contribution in [0.5, 0.6) is 0 Å². The number of rotatable bonds is 17. The number of hydrogen-bond acceptors (Lipinski definition) is 22. The number of alkyl halides is 6. The minimum absolute atomic E-state index is 0.00503. The van der Waals surface area contributed by atoms with E-state index < -0.39 is 60.7 Å². The van der Waals surface area contributed by atoms with Gasteiger partial charge in [-0.3, -0.25) is 65.1 Å². The summed E-state index contributed by atoms with van der Waals surface area (Å²) in [6, 6.07) is 27.9. The Balaban J connectivity index is 0.000000126. The van der Waals surface area contributed by atoms with Gasteiger partial charge in [0.05, 0.1) is 64.1 Å². The Hall–Kier alpha value is -12.8. The third-order valence-electron chi connectivity index (χ3n) is 22.9. The predicted molar refractivity (Wildman–Crippen MR) is 441 cm³/mol. The standard InChI is InChI=1S/C22H23N7O2.2C21H22F3N5O2.C20H23N5O3/c1-12-2-5-15-19(23-12)26-27-20(15)25-22(31)29-14-8-9-28(11-14)17-7-6-16(24-21(17)29)18(30)10-13-3-4-13;1-12-3-6-18(25-10-12)27-20(31)29-14-7-8-28(11-14)16-5-4-15(26-19(16)29)17(30)9-13(2)21(22,23)24;1-12-5-7-25-18(9-12)27-20(31)29-14-6-8-28(11-14)16-4-3-15(26-19(16)29)17(30)10-13(2)21(22,23)24;1-13(12-26)10-17(27)15-5-6-16-19(22-15)25(14-7-9-24(16)11-14)20(28)23-18-4-2-3-8-21-18/h2,5-7,13-14H,3-4,8-11H2,1H3,(H2,23,25,26,27,31);3-6,10,13-14H,7-9,11H2,1-2H3,(H,25,27,31);3-5,7,9,13-14H,6,8,10-11H2,1-2H3,(H,25,27,31);2-6,8,13-14,26H,7,9-12H2,1H3,(H,21,23,28)/t14-;2*13-,14-;13-,14+/m0001/s1. The molecule has 1 saturated carbocycles. The minimum Gasteiger partial charge on any atom is -0.396 e. The number of aromatic amines is 1. The average Bonchev–Trinajstić information content (AvgIpc) is 1.66. The first-order valence-electron chi connectivity index (χ1n) is 40.3. The number of carbonyl (C=O) groups excluding carboxylic acids is 8. The molecule has 18 rings (SSSR count). The molecule has 17 heterocycles. The van der Waals surface area contributed by atoms with Gasteiger partial charge in [-0.15, -0.1) is 0 Å². The van der Waals surface area contributed by atoms with Gasteiger partial charge in [0.15, 0.2) is 57.9 Å².